The molecule has 2 nitrogen and oxygen atoms in total. The Labute approximate surface area is 107 Å². The minimum Gasteiger partial charge on any atom is -1.00 e. The molecule has 0 aliphatic rings. The summed E-state index contributed by atoms with van der Waals surface area (Å²) in [4.78, 5) is 10.5. The molecule has 0 saturated heterocycles. The van der Waals surface area contributed by atoms with E-state index in [1.54, 1.807) is 36.4 Å². The molecule has 1 aromatic rings. The maximum absolute atomic E-state index is 10.5. The Balaban J connectivity index is 0. The van der Waals surface area contributed by atoms with E-state index in [0.29, 0.717) is 5.56 Å². The minimum absolute atomic E-state index is 0. The zero-order valence-electron chi connectivity index (χ0n) is 9.10. The SMILES string of the molecule is C=CC=Cc1ccc(C(=O)O)cc1.[H-].[Na+]. The zero-order valence-corrected chi connectivity index (χ0v) is 10.1. The standard InChI is InChI=1S/C11H10O2.Na.H/c1-2-3-4-9-5-7-10(8-6-9)11(12)13;;/h2-8H,1H2,(H,12,13);;/q;+1;-1. The Bertz CT molecular complexity index is 344. The van der Waals surface area contributed by atoms with Crippen LogP contribution >= 0.6 is 0 Å². The van der Waals surface area contributed by atoms with Crippen molar-refractivity contribution in [1.82, 2.24) is 0 Å². The fourth-order valence-electron chi connectivity index (χ4n) is 0.916. The van der Waals surface area contributed by atoms with Gasteiger partial charge in [0.1, 0.15) is 0 Å². The van der Waals surface area contributed by atoms with Crippen molar-refractivity contribution in [3.63, 3.8) is 0 Å². The van der Waals surface area contributed by atoms with Gasteiger partial charge < -0.3 is 6.53 Å². The summed E-state index contributed by atoms with van der Waals surface area (Å²) in [7, 11) is 0. The molecule has 0 bridgehead atoms. The van der Waals surface area contributed by atoms with Crippen LogP contribution in [0.1, 0.15) is 17.3 Å². The van der Waals surface area contributed by atoms with E-state index in [0.717, 1.165) is 5.56 Å². The van der Waals surface area contributed by atoms with Crippen molar-refractivity contribution < 1.29 is 40.9 Å². The molecule has 68 valence electrons. The largest absolute Gasteiger partial charge is 1.00 e. The van der Waals surface area contributed by atoms with Crippen LogP contribution in [-0.4, -0.2) is 11.1 Å². The van der Waals surface area contributed by atoms with Crippen LogP contribution in [0.5, 0.6) is 0 Å². The maximum Gasteiger partial charge on any atom is 1.00 e. The first kappa shape index (κ1) is 13.2. The Morgan fingerprint density at radius 2 is 1.93 bits per heavy atom. The molecule has 14 heavy (non-hydrogen) atoms. The molecule has 0 spiro atoms. The van der Waals surface area contributed by atoms with Gasteiger partial charge in [0.25, 0.3) is 0 Å². The second kappa shape index (κ2) is 6.60. The zero-order chi connectivity index (χ0) is 9.68. The summed E-state index contributed by atoms with van der Waals surface area (Å²) < 4.78 is 0. The van der Waals surface area contributed by atoms with Crippen molar-refractivity contribution in [3.05, 3.63) is 54.1 Å². The summed E-state index contributed by atoms with van der Waals surface area (Å²) in [6.07, 6.45) is 5.33. The van der Waals surface area contributed by atoms with Crippen LogP contribution in [0.4, 0.5) is 0 Å². The molecular formula is C11H11NaO2. The van der Waals surface area contributed by atoms with Crippen molar-refractivity contribution in [2.24, 2.45) is 0 Å². The van der Waals surface area contributed by atoms with E-state index >= 15 is 0 Å². The number of aromatic carboxylic acids is 1. The van der Waals surface area contributed by atoms with Crippen molar-refractivity contribution in [2.75, 3.05) is 0 Å². The van der Waals surface area contributed by atoms with Gasteiger partial charge in [-0.25, -0.2) is 4.79 Å². The summed E-state index contributed by atoms with van der Waals surface area (Å²) >= 11 is 0. The fraction of sp³-hybridized carbons (Fsp3) is 0. The number of rotatable bonds is 3. The van der Waals surface area contributed by atoms with Crippen LogP contribution in [0, 0.1) is 0 Å². The van der Waals surface area contributed by atoms with Crippen LogP contribution < -0.4 is 29.6 Å². The van der Waals surface area contributed by atoms with E-state index in [1.807, 2.05) is 6.08 Å². The first-order valence-corrected chi connectivity index (χ1v) is 3.86. The number of allylic oxidation sites excluding steroid dienone is 2. The number of hydrogen-bond acceptors (Lipinski definition) is 1. The van der Waals surface area contributed by atoms with E-state index in [4.69, 9.17) is 5.11 Å². The molecule has 0 unspecified atom stereocenters. The maximum atomic E-state index is 10.5. The summed E-state index contributed by atoms with van der Waals surface area (Å²) in [5.41, 5.74) is 1.26. The Morgan fingerprint density at radius 1 is 1.36 bits per heavy atom. The summed E-state index contributed by atoms with van der Waals surface area (Å²) in [5, 5.41) is 8.62. The third kappa shape index (κ3) is 3.92. The second-order valence-corrected chi connectivity index (χ2v) is 2.52. The van der Waals surface area contributed by atoms with Gasteiger partial charge in [0.05, 0.1) is 5.56 Å². The van der Waals surface area contributed by atoms with Gasteiger partial charge >= 0.3 is 35.5 Å². The molecule has 0 aliphatic heterocycles. The van der Waals surface area contributed by atoms with Crippen LogP contribution in [0.15, 0.2) is 43.0 Å². The quantitative estimate of drug-likeness (QED) is 0.535. The number of carboxylic acids is 1. The molecule has 3 heteroatoms. The molecule has 0 aliphatic carbocycles. The fourth-order valence-corrected chi connectivity index (χ4v) is 0.916. The van der Waals surface area contributed by atoms with Gasteiger partial charge in [-0.2, -0.15) is 0 Å². The molecule has 0 saturated carbocycles. The third-order valence-corrected chi connectivity index (χ3v) is 1.58. The number of hydrogen-bond donors (Lipinski definition) is 1. The molecule has 1 rings (SSSR count). The van der Waals surface area contributed by atoms with Crippen molar-refractivity contribution >= 4 is 12.0 Å². The topological polar surface area (TPSA) is 37.3 Å². The number of benzene rings is 1. The van der Waals surface area contributed by atoms with Crippen LogP contribution in [0.25, 0.3) is 6.08 Å². The number of carboxylic acid groups (broad SMARTS) is 1. The van der Waals surface area contributed by atoms with Crippen LogP contribution in [-0.2, 0) is 0 Å². The van der Waals surface area contributed by atoms with Gasteiger partial charge in [-0.05, 0) is 17.7 Å². The van der Waals surface area contributed by atoms with Gasteiger partial charge in [-0.15, -0.1) is 0 Å². The van der Waals surface area contributed by atoms with E-state index in [9.17, 15) is 4.79 Å². The third-order valence-electron chi connectivity index (χ3n) is 1.58. The molecule has 1 N–H and O–H groups in total. The molecule has 0 fully saturated rings. The van der Waals surface area contributed by atoms with E-state index in [2.05, 4.69) is 6.58 Å². The normalized spacial score (nSPS) is 9.43. The van der Waals surface area contributed by atoms with Gasteiger partial charge in [-0.3, -0.25) is 0 Å². The van der Waals surface area contributed by atoms with Gasteiger partial charge in [0.2, 0.25) is 0 Å². The Hall–Kier alpha value is -0.830. The smallest absolute Gasteiger partial charge is 1.00 e. The molecule has 0 amide bonds. The average molecular weight is 198 g/mol. The van der Waals surface area contributed by atoms with E-state index < -0.39 is 5.97 Å². The number of carbonyl (C=O) groups is 1. The van der Waals surface area contributed by atoms with Gasteiger partial charge in [0, 0.05) is 0 Å². The molecule has 0 atom stereocenters. The molecule has 0 heterocycles. The van der Waals surface area contributed by atoms with Crippen LogP contribution in [0.2, 0.25) is 0 Å². The summed E-state index contributed by atoms with van der Waals surface area (Å²) in [6.45, 7) is 3.54. The molecular weight excluding hydrogens is 187 g/mol. The van der Waals surface area contributed by atoms with E-state index in [1.165, 1.54) is 0 Å². The average Bonchev–Trinajstić information content (AvgIpc) is 2.15. The first-order valence-electron chi connectivity index (χ1n) is 3.86. The molecule has 0 radical (unpaired) electrons. The van der Waals surface area contributed by atoms with Crippen molar-refractivity contribution in [3.8, 4) is 0 Å². The van der Waals surface area contributed by atoms with Crippen LogP contribution in [0.3, 0.4) is 0 Å². The predicted octanol–water partition coefficient (Wildman–Crippen LogP) is -0.300. The predicted molar refractivity (Wildman–Crippen MR) is 53.7 cm³/mol. The molecule has 1 aromatic carbocycles. The second-order valence-electron chi connectivity index (χ2n) is 2.52. The van der Waals surface area contributed by atoms with Gasteiger partial charge in [0.15, 0.2) is 0 Å². The van der Waals surface area contributed by atoms with Crippen molar-refractivity contribution in [1.29, 1.82) is 0 Å². The summed E-state index contributed by atoms with van der Waals surface area (Å²) in [5.74, 6) is -0.903. The Morgan fingerprint density at radius 3 is 2.36 bits per heavy atom. The monoisotopic (exact) mass is 198 g/mol. The van der Waals surface area contributed by atoms with Gasteiger partial charge in [-0.1, -0.05) is 36.9 Å². The summed E-state index contributed by atoms with van der Waals surface area (Å²) in [6, 6.07) is 6.66. The minimum atomic E-state index is -0.903. The molecule has 0 aromatic heterocycles. The van der Waals surface area contributed by atoms with Crippen molar-refractivity contribution in [2.45, 2.75) is 0 Å². The van der Waals surface area contributed by atoms with E-state index in [-0.39, 0.29) is 31.0 Å². The Kier molecular flexibility index (Phi) is 6.21. The first-order chi connectivity index (χ1) is 6.24.